The average Bonchev–Trinajstić information content (AvgIpc) is 2.28. The van der Waals surface area contributed by atoms with Gasteiger partial charge in [0.05, 0.1) is 11.6 Å². The highest BCUT2D eigenvalue weighted by Gasteiger charge is 2.33. The lowest BCUT2D eigenvalue weighted by atomic mass is 9.93. The summed E-state index contributed by atoms with van der Waals surface area (Å²) >= 11 is 0. The van der Waals surface area contributed by atoms with E-state index in [1.54, 1.807) is 13.1 Å². The smallest absolute Gasteiger partial charge is 0.239 e. The lowest BCUT2D eigenvalue weighted by Crippen LogP contribution is -2.51. The fourth-order valence-electron chi connectivity index (χ4n) is 1.99. The highest BCUT2D eigenvalue weighted by Crippen LogP contribution is 2.21. The fraction of sp³-hybridized carbons (Fsp3) is 0.750. The van der Waals surface area contributed by atoms with Crippen LogP contribution >= 0.6 is 0 Å². The van der Waals surface area contributed by atoms with Crippen LogP contribution in [0.15, 0.2) is 12.7 Å². The normalized spacial score (nSPS) is 20.6. The molecule has 1 unspecified atom stereocenters. The Morgan fingerprint density at radius 2 is 2.24 bits per heavy atom. The van der Waals surface area contributed by atoms with E-state index in [1.807, 2.05) is 0 Å². The van der Waals surface area contributed by atoms with Gasteiger partial charge in [0.2, 0.25) is 5.91 Å². The Morgan fingerprint density at radius 1 is 1.65 bits per heavy atom. The van der Waals surface area contributed by atoms with Crippen LogP contribution in [0.3, 0.4) is 0 Å². The van der Waals surface area contributed by atoms with Gasteiger partial charge in [-0.2, -0.15) is 0 Å². The zero-order chi connectivity index (χ0) is 12.9. The quantitative estimate of drug-likeness (QED) is 0.660. The number of carbonyl (C=O) groups excluding carboxylic acids is 1. The number of amides is 1. The monoisotopic (exact) mass is 242 g/mol. The minimum atomic E-state index is -0.837. The molecule has 0 bridgehead atoms. The van der Waals surface area contributed by atoms with E-state index in [2.05, 4.69) is 6.58 Å². The molecule has 1 aliphatic rings. The summed E-state index contributed by atoms with van der Waals surface area (Å²) in [6.07, 6.45) is 3.19. The van der Waals surface area contributed by atoms with Crippen molar-refractivity contribution in [3.05, 3.63) is 12.7 Å². The molecule has 0 aromatic heterocycles. The van der Waals surface area contributed by atoms with Crippen LogP contribution in [-0.2, 0) is 9.53 Å². The number of likely N-dealkylation sites (N-methyl/N-ethyl adjacent to an activating group) is 1. The van der Waals surface area contributed by atoms with Crippen LogP contribution in [0.25, 0.3) is 0 Å². The van der Waals surface area contributed by atoms with Crippen LogP contribution in [0.5, 0.6) is 0 Å². The van der Waals surface area contributed by atoms with Crippen molar-refractivity contribution in [2.45, 2.75) is 30.9 Å². The molecular weight excluding hydrogens is 220 g/mol. The summed E-state index contributed by atoms with van der Waals surface area (Å²) in [6, 6.07) is -0.569. The molecule has 0 aromatic carbocycles. The van der Waals surface area contributed by atoms with Gasteiger partial charge < -0.3 is 20.5 Å². The van der Waals surface area contributed by atoms with Crippen molar-refractivity contribution in [3.63, 3.8) is 0 Å². The summed E-state index contributed by atoms with van der Waals surface area (Å²) in [6.45, 7) is 4.94. The van der Waals surface area contributed by atoms with Crippen molar-refractivity contribution in [2.75, 3.05) is 26.8 Å². The van der Waals surface area contributed by atoms with Crippen LogP contribution in [-0.4, -0.2) is 54.4 Å². The van der Waals surface area contributed by atoms with Gasteiger partial charge in [0.1, 0.15) is 0 Å². The summed E-state index contributed by atoms with van der Waals surface area (Å²) in [7, 11) is 1.67. The predicted molar refractivity (Wildman–Crippen MR) is 65.4 cm³/mol. The van der Waals surface area contributed by atoms with Crippen LogP contribution < -0.4 is 5.73 Å². The molecule has 5 heteroatoms. The molecule has 0 aliphatic carbocycles. The molecule has 0 spiro atoms. The molecule has 1 fully saturated rings. The van der Waals surface area contributed by atoms with Gasteiger partial charge in [0.15, 0.2) is 0 Å². The lowest BCUT2D eigenvalue weighted by Gasteiger charge is -2.36. The van der Waals surface area contributed by atoms with Crippen LogP contribution in [0.2, 0.25) is 0 Å². The van der Waals surface area contributed by atoms with Crippen LogP contribution in [0, 0.1) is 0 Å². The minimum Gasteiger partial charge on any atom is -0.388 e. The second-order valence-corrected chi connectivity index (χ2v) is 4.66. The first-order valence-electron chi connectivity index (χ1n) is 5.90. The van der Waals surface area contributed by atoms with E-state index >= 15 is 0 Å². The van der Waals surface area contributed by atoms with Gasteiger partial charge in [0.25, 0.3) is 0 Å². The Morgan fingerprint density at radius 3 is 2.76 bits per heavy atom. The van der Waals surface area contributed by atoms with Crippen molar-refractivity contribution >= 4 is 5.91 Å². The van der Waals surface area contributed by atoms with Gasteiger partial charge in [-0.1, -0.05) is 6.08 Å². The van der Waals surface area contributed by atoms with E-state index in [-0.39, 0.29) is 5.91 Å². The Hall–Kier alpha value is -0.910. The molecule has 3 N–H and O–H groups in total. The minimum absolute atomic E-state index is 0.162. The number of nitrogens with zero attached hydrogens (tertiary/aromatic N) is 1. The third-order valence-corrected chi connectivity index (χ3v) is 3.07. The average molecular weight is 242 g/mol. The first-order chi connectivity index (χ1) is 7.98. The van der Waals surface area contributed by atoms with Gasteiger partial charge in [-0.05, 0) is 6.42 Å². The molecule has 1 heterocycles. The molecule has 98 valence electrons. The maximum atomic E-state index is 11.9. The number of aliphatic hydroxyl groups is 1. The van der Waals surface area contributed by atoms with Gasteiger partial charge in [-0.15, -0.1) is 6.58 Å². The van der Waals surface area contributed by atoms with Crippen molar-refractivity contribution in [3.8, 4) is 0 Å². The standard InChI is InChI=1S/C12H22N2O3/c1-3-4-10(13)11(15)14(2)9-12(16)5-7-17-8-6-12/h3,10,16H,1,4-9,13H2,2H3. The van der Waals surface area contributed by atoms with Crippen LogP contribution in [0.1, 0.15) is 19.3 Å². The maximum Gasteiger partial charge on any atom is 0.239 e. The maximum absolute atomic E-state index is 11.9. The number of nitrogens with two attached hydrogens (primary N) is 1. The van der Waals surface area contributed by atoms with E-state index in [4.69, 9.17) is 10.5 Å². The Labute approximate surface area is 102 Å². The molecule has 1 amide bonds. The summed E-state index contributed by atoms with van der Waals surface area (Å²) in [4.78, 5) is 13.4. The molecule has 1 rings (SSSR count). The van der Waals surface area contributed by atoms with Crippen molar-refractivity contribution < 1.29 is 14.6 Å². The largest absolute Gasteiger partial charge is 0.388 e. The molecule has 1 atom stereocenters. The van der Waals surface area contributed by atoms with Crippen LogP contribution in [0.4, 0.5) is 0 Å². The van der Waals surface area contributed by atoms with Gasteiger partial charge in [-0.25, -0.2) is 0 Å². The highest BCUT2D eigenvalue weighted by atomic mass is 16.5. The third kappa shape index (κ3) is 4.11. The Balaban J connectivity index is 2.49. The molecule has 1 aliphatic heterocycles. The zero-order valence-corrected chi connectivity index (χ0v) is 10.4. The second-order valence-electron chi connectivity index (χ2n) is 4.66. The van der Waals surface area contributed by atoms with Crippen molar-refractivity contribution in [1.29, 1.82) is 0 Å². The van der Waals surface area contributed by atoms with E-state index < -0.39 is 11.6 Å². The number of rotatable bonds is 5. The zero-order valence-electron chi connectivity index (χ0n) is 10.4. The topological polar surface area (TPSA) is 75.8 Å². The molecule has 0 radical (unpaired) electrons. The summed E-state index contributed by atoms with van der Waals surface area (Å²) in [5.74, 6) is -0.162. The number of ether oxygens (including phenoxy) is 1. The molecule has 0 aromatic rings. The summed E-state index contributed by atoms with van der Waals surface area (Å²) in [5, 5.41) is 10.3. The number of hydrogen-bond donors (Lipinski definition) is 2. The number of hydrogen-bond acceptors (Lipinski definition) is 4. The fourth-order valence-corrected chi connectivity index (χ4v) is 1.99. The summed E-state index contributed by atoms with van der Waals surface area (Å²) < 4.78 is 5.19. The van der Waals surface area contributed by atoms with E-state index in [0.717, 1.165) is 0 Å². The summed E-state index contributed by atoms with van der Waals surface area (Å²) in [5.41, 5.74) is 4.87. The molecule has 5 nitrogen and oxygen atoms in total. The van der Waals surface area contributed by atoms with Crippen molar-refractivity contribution in [1.82, 2.24) is 4.90 Å². The van der Waals surface area contributed by atoms with Gasteiger partial charge in [0, 0.05) is 39.6 Å². The highest BCUT2D eigenvalue weighted by molar-refractivity contribution is 5.81. The SMILES string of the molecule is C=CCC(N)C(=O)N(C)CC1(O)CCOCC1. The van der Waals surface area contributed by atoms with Gasteiger partial charge in [-0.3, -0.25) is 4.79 Å². The van der Waals surface area contributed by atoms with E-state index in [0.29, 0.717) is 39.0 Å². The Bertz CT molecular complexity index is 275. The van der Waals surface area contributed by atoms with Gasteiger partial charge >= 0.3 is 0 Å². The second kappa shape index (κ2) is 6.14. The third-order valence-electron chi connectivity index (χ3n) is 3.07. The molecular formula is C12H22N2O3. The molecule has 1 saturated heterocycles. The van der Waals surface area contributed by atoms with E-state index in [1.165, 1.54) is 4.90 Å². The van der Waals surface area contributed by atoms with Crippen molar-refractivity contribution in [2.24, 2.45) is 5.73 Å². The molecule has 0 saturated carbocycles. The Kier molecular flexibility index (Phi) is 5.11. The number of carbonyl (C=O) groups is 1. The lowest BCUT2D eigenvalue weighted by molar-refractivity contribution is -0.138. The van der Waals surface area contributed by atoms with E-state index in [9.17, 15) is 9.90 Å². The predicted octanol–water partition coefficient (Wildman–Crippen LogP) is -0.110. The first kappa shape index (κ1) is 14.2. The molecule has 17 heavy (non-hydrogen) atoms. The first-order valence-corrected chi connectivity index (χ1v) is 5.90.